The zero-order chi connectivity index (χ0) is 28.0. The SMILES string of the molecule is Cc1nc2c(sc3nc([C@]4(C)CCC[C@@]5(C)[C@H]4CC=C4C=C(C(C)C)CC[C@@H]45)cc(-c4cccs4)c32)c(=O)n1C. The van der Waals surface area contributed by atoms with Gasteiger partial charge in [-0.1, -0.05) is 57.9 Å². The van der Waals surface area contributed by atoms with Crippen LogP contribution in [0.2, 0.25) is 0 Å². The molecule has 4 aromatic heterocycles. The Morgan fingerprint density at radius 1 is 1.18 bits per heavy atom. The molecule has 4 atom stereocenters. The van der Waals surface area contributed by atoms with E-state index >= 15 is 0 Å². The second-order valence-corrected chi connectivity index (χ2v) is 15.2. The van der Waals surface area contributed by atoms with Crippen molar-refractivity contribution in [1.29, 1.82) is 0 Å². The van der Waals surface area contributed by atoms with E-state index in [0.29, 0.717) is 22.5 Å². The minimum Gasteiger partial charge on any atom is -0.299 e. The lowest BCUT2D eigenvalue weighted by Crippen LogP contribution is -2.52. The molecule has 3 aliphatic rings. The Hall–Kier alpha value is -2.57. The van der Waals surface area contributed by atoms with Crippen LogP contribution in [0.5, 0.6) is 0 Å². The molecule has 7 rings (SSSR count). The number of hydrogen-bond donors (Lipinski definition) is 0. The fourth-order valence-electron chi connectivity index (χ4n) is 8.44. The number of allylic oxidation sites excluding steroid dienone is 4. The summed E-state index contributed by atoms with van der Waals surface area (Å²) in [4.78, 5) is 25.8. The Kier molecular flexibility index (Phi) is 6.07. The Balaban J connectivity index is 1.43. The number of nitrogens with zero attached hydrogens (tertiary/aromatic N) is 3. The molecule has 1 saturated carbocycles. The predicted molar refractivity (Wildman–Crippen MR) is 169 cm³/mol. The summed E-state index contributed by atoms with van der Waals surface area (Å²) in [6, 6.07) is 6.69. The summed E-state index contributed by atoms with van der Waals surface area (Å²) in [6.45, 7) is 11.7. The number of fused-ring (bicyclic) bond motifs is 6. The molecule has 0 radical (unpaired) electrons. The van der Waals surface area contributed by atoms with E-state index in [1.165, 1.54) is 53.2 Å². The quantitative estimate of drug-likeness (QED) is 0.247. The summed E-state index contributed by atoms with van der Waals surface area (Å²) in [7, 11) is 1.81. The van der Waals surface area contributed by atoms with E-state index < -0.39 is 0 Å². The van der Waals surface area contributed by atoms with Gasteiger partial charge in [-0.25, -0.2) is 9.97 Å². The number of hydrogen-bond acceptors (Lipinski definition) is 5. The molecule has 0 saturated heterocycles. The fourth-order valence-corrected chi connectivity index (χ4v) is 10.3. The normalized spacial score (nSPS) is 28.5. The van der Waals surface area contributed by atoms with Crippen LogP contribution in [0.3, 0.4) is 0 Å². The standard InChI is InChI=1S/C34H39N3OS2/c1-19(2)21-10-12-24-22(17-21)11-13-26-33(24,4)14-8-15-34(26,5)27-18-23(25-9-7-16-39-25)28-29-30(40-31(28)36-27)32(38)37(6)20(3)35-29/h7,9,11,16-19,24,26H,8,10,12-15H2,1-6H3/t24-,26+,33+,34+/m0/s1. The molecule has 6 heteroatoms. The van der Waals surface area contributed by atoms with Gasteiger partial charge in [0.15, 0.2) is 0 Å². The van der Waals surface area contributed by atoms with Crippen molar-refractivity contribution >= 4 is 43.1 Å². The summed E-state index contributed by atoms with van der Waals surface area (Å²) in [5.41, 5.74) is 6.68. The van der Waals surface area contributed by atoms with Crippen LogP contribution >= 0.6 is 22.7 Å². The van der Waals surface area contributed by atoms with Gasteiger partial charge in [0, 0.05) is 34.0 Å². The smallest absolute Gasteiger partial charge is 0.271 e. The third-order valence-corrected chi connectivity index (χ3v) is 12.8. The van der Waals surface area contributed by atoms with Gasteiger partial charge >= 0.3 is 0 Å². The first-order chi connectivity index (χ1) is 19.1. The highest BCUT2D eigenvalue weighted by molar-refractivity contribution is 7.25. The topological polar surface area (TPSA) is 47.8 Å². The second-order valence-electron chi connectivity index (χ2n) is 13.2. The van der Waals surface area contributed by atoms with Gasteiger partial charge in [0.1, 0.15) is 15.4 Å². The summed E-state index contributed by atoms with van der Waals surface area (Å²) >= 11 is 3.28. The van der Waals surface area contributed by atoms with Gasteiger partial charge in [-0.3, -0.25) is 9.36 Å². The van der Waals surface area contributed by atoms with Crippen molar-refractivity contribution in [2.24, 2.45) is 30.2 Å². The highest BCUT2D eigenvalue weighted by Gasteiger charge is 2.55. The van der Waals surface area contributed by atoms with Gasteiger partial charge in [-0.2, -0.15) is 0 Å². The predicted octanol–water partition coefficient (Wildman–Crippen LogP) is 8.97. The summed E-state index contributed by atoms with van der Waals surface area (Å²) in [6.07, 6.45) is 12.4. The van der Waals surface area contributed by atoms with Crippen molar-refractivity contribution in [2.75, 3.05) is 0 Å². The molecule has 3 aliphatic carbocycles. The number of aromatic nitrogens is 3. The van der Waals surface area contributed by atoms with Crippen molar-refractivity contribution < 1.29 is 0 Å². The van der Waals surface area contributed by atoms with Gasteiger partial charge in [0.2, 0.25) is 0 Å². The number of rotatable bonds is 3. The van der Waals surface area contributed by atoms with Gasteiger partial charge < -0.3 is 0 Å². The lowest BCUT2D eigenvalue weighted by molar-refractivity contribution is -0.0104. The molecule has 4 heterocycles. The molecule has 4 aromatic rings. The van der Waals surface area contributed by atoms with Crippen molar-refractivity contribution in [3.8, 4) is 10.4 Å². The zero-order valence-corrected chi connectivity index (χ0v) is 26.1. The van der Waals surface area contributed by atoms with Crippen LogP contribution in [-0.4, -0.2) is 14.5 Å². The highest BCUT2D eigenvalue weighted by Crippen LogP contribution is 2.62. The number of pyridine rings is 1. The maximum absolute atomic E-state index is 13.3. The van der Waals surface area contributed by atoms with Gasteiger partial charge in [-0.05, 0) is 85.3 Å². The van der Waals surface area contributed by atoms with E-state index in [2.05, 4.69) is 63.4 Å². The van der Waals surface area contributed by atoms with E-state index in [1.807, 2.05) is 14.0 Å². The van der Waals surface area contributed by atoms with Crippen LogP contribution in [0.4, 0.5) is 0 Å². The molecule has 0 aromatic carbocycles. The second kappa shape index (κ2) is 9.22. The molecule has 40 heavy (non-hydrogen) atoms. The average Bonchev–Trinajstić information content (AvgIpc) is 3.60. The number of aryl methyl sites for hydroxylation is 1. The summed E-state index contributed by atoms with van der Waals surface area (Å²) < 4.78 is 2.37. The van der Waals surface area contributed by atoms with Gasteiger partial charge in [0.25, 0.3) is 5.56 Å². The monoisotopic (exact) mass is 569 g/mol. The average molecular weight is 570 g/mol. The molecule has 0 spiro atoms. The largest absolute Gasteiger partial charge is 0.299 e. The third-order valence-electron chi connectivity index (χ3n) is 10.8. The molecular formula is C34H39N3OS2. The van der Waals surface area contributed by atoms with E-state index in [1.54, 1.807) is 27.1 Å². The Morgan fingerprint density at radius 2 is 2.00 bits per heavy atom. The van der Waals surface area contributed by atoms with Crippen molar-refractivity contribution in [3.63, 3.8) is 0 Å². The third kappa shape index (κ3) is 3.71. The highest BCUT2D eigenvalue weighted by atomic mass is 32.1. The number of thiophene rings is 2. The van der Waals surface area contributed by atoms with Crippen LogP contribution in [0.15, 0.2) is 51.7 Å². The Labute approximate surface area is 244 Å². The maximum Gasteiger partial charge on any atom is 0.271 e. The lowest BCUT2D eigenvalue weighted by Gasteiger charge is -2.58. The molecule has 1 fully saturated rings. The first kappa shape index (κ1) is 26.3. The van der Waals surface area contributed by atoms with Crippen molar-refractivity contribution in [1.82, 2.24) is 14.5 Å². The molecule has 0 amide bonds. The van der Waals surface area contributed by atoms with E-state index in [0.717, 1.165) is 34.4 Å². The Morgan fingerprint density at radius 3 is 2.75 bits per heavy atom. The molecule has 0 N–H and O–H groups in total. The van der Waals surface area contributed by atoms with Crippen LogP contribution < -0.4 is 5.56 Å². The first-order valence-corrected chi connectivity index (χ1v) is 16.6. The van der Waals surface area contributed by atoms with E-state index in [-0.39, 0.29) is 16.4 Å². The van der Waals surface area contributed by atoms with Gasteiger partial charge in [0.05, 0.1) is 5.52 Å². The Bertz CT molecular complexity index is 1770. The minimum absolute atomic E-state index is 0.0247. The maximum atomic E-state index is 13.3. The molecule has 0 unspecified atom stereocenters. The molecular weight excluding hydrogens is 531 g/mol. The van der Waals surface area contributed by atoms with Crippen molar-refractivity contribution in [2.45, 2.75) is 78.6 Å². The van der Waals surface area contributed by atoms with Crippen LogP contribution in [0.1, 0.15) is 77.7 Å². The molecule has 0 bridgehead atoms. The lowest BCUT2D eigenvalue weighted by atomic mass is 9.46. The van der Waals surface area contributed by atoms with Crippen LogP contribution in [-0.2, 0) is 12.5 Å². The van der Waals surface area contributed by atoms with Crippen molar-refractivity contribution in [3.05, 3.63) is 68.7 Å². The van der Waals surface area contributed by atoms with Crippen LogP contribution in [0.25, 0.3) is 30.9 Å². The molecule has 208 valence electrons. The van der Waals surface area contributed by atoms with Crippen LogP contribution in [0, 0.1) is 30.1 Å². The molecule has 4 nitrogen and oxygen atoms in total. The molecule has 0 aliphatic heterocycles. The van der Waals surface area contributed by atoms with Gasteiger partial charge in [-0.15, -0.1) is 22.7 Å². The fraction of sp³-hybridized carbons (Fsp3) is 0.500. The summed E-state index contributed by atoms with van der Waals surface area (Å²) in [5, 5.41) is 3.18. The minimum atomic E-state index is -0.0260. The zero-order valence-electron chi connectivity index (χ0n) is 24.5. The first-order valence-electron chi connectivity index (χ1n) is 14.9. The van der Waals surface area contributed by atoms with E-state index in [4.69, 9.17) is 9.97 Å². The van der Waals surface area contributed by atoms with E-state index in [9.17, 15) is 4.79 Å². The summed E-state index contributed by atoms with van der Waals surface area (Å²) in [5.74, 6) is 2.54.